The number of amides is 1. The zero-order valence-electron chi connectivity index (χ0n) is 13.7. The lowest BCUT2D eigenvalue weighted by molar-refractivity contribution is -0.137. The van der Waals surface area contributed by atoms with Crippen molar-refractivity contribution in [1.82, 2.24) is 15.1 Å². The molecule has 0 aromatic carbocycles. The van der Waals surface area contributed by atoms with E-state index in [4.69, 9.17) is 4.42 Å². The monoisotopic (exact) mass is 333 g/mol. The molecule has 5 nitrogen and oxygen atoms in total. The van der Waals surface area contributed by atoms with E-state index in [-0.39, 0.29) is 17.7 Å². The Bertz CT molecular complexity index is 634. The first kappa shape index (κ1) is 16.2. The average Bonchev–Trinajstić information content (AvgIpc) is 3.27. The van der Waals surface area contributed by atoms with Crippen LogP contribution in [0.3, 0.4) is 0 Å². The summed E-state index contributed by atoms with van der Waals surface area (Å²) in [5, 5.41) is 12.4. The second-order valence-electron chi connectivity index (χ2n) is 6.09. The number of aromatic nitrogens is 2. The average molecular weight is 333 g/mol. The molecule has 1 aliphatic heterocycles. The standard InChI is InChI=1S/C17H23N3O2S/c1-3-12(4-2)17(21)20-8-5-6-13(10-20)15-18-19-16(22-15)14-7-9-23-11-14/h7,9,11-13H,3-6,8,10H2,1-2H3. The quantitative estimate of drug-likeness (QED) is 0.831. The van der Waals surface area contributed by atoms with E-state index < -0.39 is 0 Å². The molecule has 1 saturated heterocycles. The maximum absolute atomic E-state index is 12.6. The van der Waals surface area contributed by atoms with Crippen molar-refractivity contribution in [2.75, 3.05) is 13.1 Å². The number of nitrogens with zero attached hydrogens (tertiary/aromatic N) is 3. The highest BCUT2D eigenvalue weighted by Gasteiger charge is 2.30. The minimum absolute atomic E-state index is 0.137. The molecule has 1 aliphatic rings. The topological polar surface area (TPSA) is 59.2 Å². The third kappa shape index (κ3) is 3.47. The number of hydrogen-bond acceptors (Lipinski definition) is 5. The van der Waals surface area contributed by atoms with E-state index in [1.54, 1.807) is 11.3 Å². The lowest BCUT2D eigenvalue weighted by Gasteiger charge is -2.33. The third-order valence-corrected chi connectivity index (χ3v) is 5.31. The van der Waals surface area contributed by atoms with E-state index in [1.807, 2.05) is 21.7 Å². The summed E-state index contributed by atoms with van der Waals surface area (Å²) in [5.74, 6) is 1.80. The highest BCUT2D eigenvalue weighted by atomic mass is 32.1. The Balaban J connectivity index is 1.70. The van der Waals surface area contributed by atoms with Gasteiger partial charge in [0.15, 0.2) is 0 Å². The number of carbonyl (C=O) groups excluding carboxylic acids is 1. The van der Waals surface area contributed by atoms with Crippen molar-refractivity contribution in [2.24, 2.45) is 5.92 Å². The van der Waals surface area contributed by atoms with Gasteiger partial charge in [-0.3, -0.25) is 4.79 Å². The minimum atomic E-state index is 0.137. The van der Waals surface area contributed by atoms with Gasteiger partial charge >= 0.3 is 0 Å². The van der Waals surface area contributed by atoms with Gasteiger partial charge in [0.2, 0.25) is 17.7 Å². The Hall–Kier alpha value is -1.69. The molecule has 1 amide bonds. The number of piperidine rings is 1. The molecular weight excluding hydrogens is 310 g/mol. The Kier molecular flexibility index (Phi) is 5.10. The maximum Gasteiger partial charge on any atom is 0.248 e. The van der Waals surface area contributed by atoms with Crippen molar-refractivity contribution in [1.29, 1.82) is 0 Å². The summed E-state index contributed by atoms with van der Waals surface area (Å²) in [6.45, 7) is 5.70. The first-order valence-electron chi connectivity index (χ1n) is 8.37. The van der Waals surface area contributed by atoms with Crippen LogP contribution in [0.15, 0.2) is 21.2 Å². The van der Waals surface area contributed by atoms with Crippen LogP contribution >= 0.6 is 11.3 Å². The molecule has 3 heterocycles. The summed E-state index contributed by atoms with van der Waals surface area (Å²) in [7, 11) is 0. The van der Waals surface area contributed by atoms with Gasteiger partial charge in [-0.25, -0.2) is 0 Å². The summed E-state index contributed by atoms with van der Waals surface area (Å²) in [4.78, 5) is 14.6. The molecular formula is C17H23N3O2S. The number of carbonyl (C=O) groups is 1. The first-order valence-corrected chi connectivity index (χ1v) is 9.32. The molecule has 2 aromatic heterocycles. The number of thiophene rings is 1. The Morgan fingerprint density at radius 3 is 2.96 bits per heavy atom. The number of hydrogen-bond donors (Lipinski definition) is 0. The zero-order valence-corrected chi connectivity index (χ0v) is 14.5. The second kappa shape index (κ2) is 7.25. The van der Waals surface area contributed by atoms with E-state index in [0.29, 0.717) is 18.3 Å². The van der Waals surface area contributed by atoms with Crippen LogP contribution in [0.2, 0.25) is 0 Å². The Morgan fingerprint density at radius 1 is 1.43 bits per heavy atom. The third-order valence-electron chi connectivity index (χ3n) is 4.63. The summed E-state index contributed by atoms with van der Waals surface area (Å²) >= 11 is 1.61. The molecule has 0 radical (unpaired) electrons. The van der Waals surface area contributed by atoms with Crippen LogP contribution in [0.5, 0.6) is 0 Å². The van der Waals surface area contributed by atoms with Gasteiger partial charge in [-0.15, -0.1) is 10.2 Å². The van der Waals surface area contributed by atoms with Crippen LogP contribution < -0.4 is 0 Å². The summed E-state index contributed by atoms with van der Waals surface area (Å²) < 4.78 is 5.86. The Morgan fingerprint density at radius 2 is 2.26 bits per heavy atom. The minimum Gasteiger partial charge on any atom is -0.420 e. The van der Waals surface area contributed by atoms with E-state index in [0.717, 1.165) is 37.8 Å². The fourth-order valence-corrected chi connectivity index (χ4v) is 3.81. The van der Waals surface area contributed by atoms with E-state index in [1.165, 1.54) is 0 Å². The summed E-state index contributed by atoms with van der Waals surface area (Å²) in [5.41, 5.74) is 0.967. The lowest BCUT2D eigenvalue weighted by Crippen LogP contribution is -2.42. The first-order chi connectivity index (χ1) is 11.2. The smallest absolute Gasteiger partial charge is 0.248 e. The van der Waals surface area contributed by atoms with Crippen molar-refractivity contribution in [3.8, 4) is 11.5 Å². The van der Waals surface area contributed by atoms with Crippen LogP contribution in [-0.2, 0) is 4.79 Å². The van der Waals surface area contributed by atoms with Gasteiger partial charge in [0.25, 0.3) is 0 Å². The van der Waals surface area contributed by atoms with Gasteiger partial charge in [-0.1, -0.05) is 13.8 Å². The highest BCUT2D eigenvalue weighted by Crippen LogP contribution is 2.30. The molecule has 1 unspecified atom stereocenters. The molecule has 0 saturated carbocycles. The van der Waals surface area contributed by atoms with Gasteiger partial charge in [0.05, 0.1) is 5.92 Å². The molecule has 0 N–H and O–H groups in total. The summed E-state index contributed by atoms with van der Waals surface area (Å²) in [6, 6.07) is 1.98. The molecule has 3 rings (SSSR count). The van der Waals surface area contributed by atoms with Crippen LogP contribution in [0.4, 0.5) is 0 Å². The molecule has 1 fully saturated rings. The van der Waals surface area contributed by atoms with Gasteiger partial charge in [-0.05, 0) is 37.1 Å². The predicted molar refractivity (Wildman–Crippen MR) is 90.2 cm³/mol. The maximum atomic E-state index is 12.6. The number of likely N-dealkylation sites (tertiary alicyclic amines) is 1. The van der Waals surface area contributed by atoms with Gasteiger partial charge in [-0.2, -0.15) is 11.3 Å². The van der Waals surface area contributed by atoms with E-state index in [2.05, 4.69) is 24.0 Å². The highest BCUT2D eigenvalue weighted by molar-refractivity contribution is 7.08. The molecule has 124 valence electrons. The van der Waals surface area contributed by atoms with Gasteiger partial charge < -0.3 is 9.32 Å². The molecule has 2 aromatic rings. The molecule has 0 bridgehead atoms. The van der Waals surface area contributed by atoms with Crippen LogP contribution in [-0.4, -0.2) is 34.1 Å². The van der Waals surface area contributed by atoms with E-state index >= 15 is 0 Å². The predicted octanol–water partition coefficient (Wildman–Crippen LogP) is 3.94. The second-order valence-corrected chi connectivity index (χ2v) is 6.87. The van der Waals surface area contributed by atoms with Crippen molar-refractivity contribution in [3.05, 3.63) is 22.7 Å². The molecule has 0 aliphatic carbocycles. The fourth-order valence-electron chi connectivity index (χ4n) is 3.18. The lowest BCUT2D eigenvalue weighted by atomic mass is 9.95. The zero-order chi connectivity index (χ0) is 16.2. The molecule has 23 heavy (non-hydrogen) atoms. The number of rotatable bonds is 5. The SMILES string of the molecule is CCC(CC)C(=O)N1CCCC(c2nnc(-c3ccsc3)o2)C1. The normalized spacial score (nSPS) is 18.6. The van der Waals surface area contributed by atoms with Crippen molar-refractivity contribution >= 4 is 17.2 Å². The van der Waals surface area contributed by atoms with E-state index in [9.17, 15) is 4.79 Å². The van der Waals surface area contributed by atoms with Crippen molar-refractivity contribution in [3.63, 3.8) is 0 Å². The van der Waals surface area contributed by atoms with Crippen molar-refractivity contribution < 1.29 is 9.21 Å². The van der Waals surface area contributed by atoms with Crippen LogP contribution in [0.25, 0.3) is 11.5 Å². The fraction of sp³-hybridized carbons (Fsp3) is 0.588. The Labute approximate surface area is 140 Å². The van der Waals surface area contributed by atoms with Crippen LogP contribution in [0, 0.1) is 5.92 Å². The molecule has 6 heteroatoms. The van der Waals surface area contributed by atoms with Crippen molar-refractivity contribution in [2.45, 2.75) is 45.4 Å². The summed E-state index contributed by atoms with van der Waals surface area (Å²) in [6.07, 6.45) is 3.80. The van der Waals surface area contributed by atoms with Gasteiger partial charge in [0.1, 0.15) is 0 Å². The molecule has 0 spiro atoms. The van der Waals surface area contributed by atoms with Gasteiger partial charge in [0, 0.05) is 30.0 Å². The largest absolute Gasteiger partial charge is 0.420 e. The van der Waals surface area contributed by atoms with Crippen LogP contribution in [0.1, 0.15) is 51.3 Å². The molecule has 1 atom stereocenters.